The van der Waals surface area contributed by atoms with Gasteiger partial charge in [-0.15, -0.1) is 0 Å². The second-order valence-corrected chi connectivity index (χ2v) is 3.92. The summed E-state index contributed by atoms with van der Waals surface area (Å²) in [5.41, 5.74) is 1.32. The Bertz CT molecular complexity index is 280. The number of likely N-dealkylation sites (N-methyl/N-ethyl adjacent to an activating group) is 1. The molecule has 3 rings (SSSR count). The Labute approximate surface area is 72.5 Å². The van der Waals surface area contributed by atoms with Crippen molar-refractivity contribution in [2.45, 2.75) is 6.42 Å². The van der Waals surface area contributed by atoms with Crippen molar-refractivity contribution in [2.24, 2.45) is 11.8 Å². The van der Waals surface area contributed by atoms with Crippen LogP contribution >= 0.6 is 0 Å². The molecule has 0 aromatic carbocycles. The van der Waals surface area contributed by atoms with Gasteiger partial charge in [0.25, 0.3) is 0 Å². The third-order valence-corrected chi connectivity index (χ3v) is 2.98. The van der Waals surface area contributed by atoms with Gasteiger partial charge in [-0.05, 0) is 24.3 Å². The third kappa shape index (κ3) is 0.808. The van der Waals surface area contributed by atoms with Gasteiger partial charge in [0.05, 0.1) is 12.2 Å². The fourth-order valence-corrected chi connectivity index (χ4v) is 2.03. The number of hydrogen-bond donors (Lipinski definition) is 0. The van der Waals surface area contributed by atoms with Crippen molar-refractivity contribution in [2.75, 3.05) is 20.2 Å². The van der Waals surface area contributed by atoms with Gasteiger partial charge >= 0.3 is 0 Å². The van der Waals surface area contributed by atoms with Gasteiger partial charge in [-0.2, -0.15) is 0 Å². The Morgan fingerprint density at radius 3 is 3.17 bits per heavy atom. The van der Waals surface area contributed by atoms with Crippen LogP contribution < -0.4 is 0 Å². The van der Waals surface area contributed by atoms with Crippen molar-refractivity contribution in [3.63, 3.8) is 0 Å². The monoisotopic (exact) mass is 163 g/mol. The summed E-state index contributed by atoms with van der Waals surface area (Å²) in [6, 6.07) is 0. The van der Waals surface area contributed by atoms with E-state index in [2.05, 4.69) is 24.1 Å². The molecule has 1 aliphatic heterocycles. The van der Waals surface area contributed by atoms with Crippen LogP contribution in [-0.2, 0) is 4.74 Å². The van der Waals surface area contributed by atoms with E-state index in [1.807, 2.05) is 0 Å². The highest BCUT2D eigenvalue weighted by Gasteiger charge is 2.39. The highest BCUT2D eigenvalue weighted by atomic mass is 16.5. The molecule has 0 radical (unpaired) electrons. The van der Waals surface area contributed by atoms with Gasteiger partial charge in [0.1, 0.15) is 12.4 Å². The molecule has 0 amide bonds. The van der Waals surface area contributed by atoms with E-state index < -0.39 is 0 Å². The molecule has 1 heterocycles. The van der Waals surface area contributed by atoms with E-state index in [4.69, 9.17) is 4.74 Å². The molecule has 1 saturated heterocycles. The van der Waals surface area contributed by atoms with Crippen molar-refractivity contribution in [1.29, 1.82) is 0 Å². The van der Waals surface area contributed by atoms with E-state index in [9.17, 15) is 0 Å². The number of allylic oxidation sites excluding steroid dienone is 2. The lowest BCUT2D eigenvalue weighted by Crippen LogP contribution is -2.30. The molecule has 3 aliphatic rings. The summed E-state index contributed by atoms with van der Waals surface area (Å²) >= 11 is 0. The molecule has 1 saturated carbocycles. The van der Waals surface area contributed by atoms with Gasteiger partial charge < -0.3 is 9.64 Å². The van der Waals surface area contributed by atoms with Crippen molar-refractivity contribution >= 4 is 0 Å². The van der Waals surface area contributed by atoms with Gasteiger partial charge in [0.15, 0.2) is 0 Å². The number of rotatable bonds is 0. The van der Waals surface area contributed by atoms with Crippen molar-refractivity contribution in [1.82, 2.24) is 4.90 Å². The van der Waals surface area contributed by atoms with Gasteiger partial charge in [-0.25, -0.2) is 0 Å². The van der Waals surface area contributed by atoms with E-state index in [0.717, 1.165) is 30.7 Å². The molecule has 2 heteroatoms. The van der Waals surface area contributed by atoms with Gasteiger partial charge in [-0.1, -0.05) is 6.08 Å². The van der Waals surface area contributed by atoms with Gasteiger partial charge in [0.2, 0.25) is 0 Å². The molecule has 2 nitrogen and oxygen atoms in total. The first-order chi connectivity index (χ1) is 5.84. The first-order valence-corrected chi connectivity index (χ1v) is 4.62. The molecule has 2 unspecified atom stereocenters. The molecular weight excluding hydrogens is 150 g/mol. The lowest BCUT2D eigenvalue weighted by Gasteiger charge is -2.31. The summed E-state index contributed by atoms with van der Waals surface area (Å²) in [4.78, 5) is 2.30. The van der Waals surface area contributed by atoms with Crippen LogP contribution in [0.25, 0.3) is 0 Å². The average molecular weight is 163 g/mol. The standard InChI is InChI=1S/C10H13NO/c1-11-2-3-12-10-6-8-4-7(8)5-9(10)11/h5-8H,2-4H2,1H3. The number of nitrogens with zero attached hydrogens (tertiary/aromatic N) is 1. The van der Waals surface area contributed by atoms with E-state index in [-0.39, 0.29) is 0 Å². The van der Waals surface area contributed by atoms with E-state index in [0.29, 0.717) is 0 Å². The van der Waals surface area contributed by atoms with Gasteiger partial charge in [0, 0.05) is 7.05 Å². The first kappa shape index (κ1) is 6.58. The predicted octanol–water partition coefficient (Wildman–Crippen LogP) is 1.37. The Hall–Kier alpha value is -0.920. The summed E-state index contributed by atoms with van der Waals surface area (Å²) in [6.07, 6.45) is 6.01. The Kier molecular flexibility index (Phi) is 1.13. The highest BCUT2D eigenvalue weighted by Crippen LogP contribution is 2.47. The van der Waals surface area contributed by atoms with Crippen LogP contribution in [0.1, 0.15) is 6.42 Å². The van der Waals surface area contributed by atoms with Gasteiger partial charge in [-0.3, -0.25) is 0 Å². The molecule has 64 valence electrons. The van der Waals surface area contributed by atoms with Crippen molar-refractivity contribution < 1.29 is 4.74 Å². The van der Waals surface area contributed by atoms with Crippen LogP contribution in [0.15, 0.2) is 23.6 Å². The molecule has 0 bridgehead atoms. The lowest BCUT2D eigenvalue weighted by molar-refractivity contribution is 0.139. The van der Waals surface area contributed by atoms with Crippen LogP contribution in [0, 0.1) is 11.8 Å². The van der Waals surface area contributed by atoms with Crippen LogP contribution in [0.4, 0.5) is 0 Å². The summed E-state index contributed by atoms with van der Waals surface area (Å²) in [6.45, 7) is 1.87. The van der Waals surface area contributed by atoms with E-state index >= 15 is 0 Å². The molecule has 0 N–H and O–H groups in total. The zero-order chi connectivity index (χ0) is 8.13. The Morgan fingerprint density at radius 2 is 2.25 bits per heavy atom. The average Bonchev–Trinajstić information content (AvgIpc) is 2.79. The summed E-state index contributed by atoms with van der Waals surface area (Å²) < 4.78 is 5.60. The number of fused-ring (bicyclic) bond motifs is 2. The van der Waals surface area contributed by atoms with Crippen LogP contribution in [0.3, 0.4) is 0 Å². The minimum atomic E-state index is 0.801. The minimum absolute atomic E-state index is 0.801. The maximum atomic E-state index is 5.60. The molecule has 2 fully saturated rings. The molecule has 0 aromatic rings. The zero-order valence-corrected chi connectivity index (χ0v) is 7.29. The highest BCUT2D eigenvalue weighted by molar-refractivity contribution is 5.35. The summed E-state index contributed by atoms with van der Waals surface area (Å²) in [5.74, 6) is 2.76. The van der Waals surface area contributed by atoms with Crippen molar-refractivity contribution in [3.8, 4) is 0 Å². The quantitative estimate of drug-likeness (QED) is 0.534. The normalized spacial score (nSPS) is 37.2. The van der Waals surface area contributed by atoms with Crippen molar-refractivity contribution in [3.05, 3.63) is 23.6 Å². The molecule has 12 heavy (non-hydrogen) atoms. The van der Waals surface area contributed by atoms with E-state index in [1.54, 1.807) is 0 Å². The number of ether oxygens (including phenoxy) is 1. The molecule has 0 spiro atoms. The Morgan fingerprint density at radius 1 is 1.42 bits per heavy atom. The molecule has 2 aliphatic carbocycles. The lowest BCUT2D eigenvalue weighted by atomic mass is 10.1. The first-order valence-electron chi connectivity index (χ1n) is 4.62. The number of hydrogen-bond acceptors (Lipinski definition) is 2. The smallest absolute Gasteiger partial charge is 0.138 e. The summed E-state index contributed by atoms with van der Waals surface area (Å²) in [7, 11) is 2.14. The number of morpholine rings is 1. The predicted molar refractivity (Wildman–Crippen MR) is 46.3 cm³/mol. The van der Waals surface area contributed by atoms with Crippen LogP contribution in [0.5, 0.6) is 0 Å². The topological polar surface area (TPSA) is 12.5 Å². The largest absolute Gasteiger partial charge is 0.490 e. The minimum Gasteiger partial charge on any atom is -0.490 e. The van der Waals surface area contributed by atoms with Crippen LogP contribution in [0.2, 0.25) is 0 Å². The van der Waals surface area contributed by atoms with Crippen LogP contribution in [-0.4, -0.2) is 25.1 Å². The third-order valence-electron chi connectivity index (χ3n) is 2.98. The molecular formula is C10H13NO. The molecule has 2 atom stereocenters. The SMILES string of the molecule is CN1CCOC2=CC3CC3C=C21. The second-order valence-electron chi connectivity index (χ2n) is 3.92. The molecule has 0 aromatic heterocycles. The Balaban J connectivity index is 1.98. The fraction of sp³-hybridized carbons (Fsp3) is 0.600. The maximum absolute atomic E-state index is 5.60. The van der Waals surface area contributed by atoms with E-state index in [1.165, 1.54) is 12.1 Å². The summed E-state index contributed by atoms with van der Waals surface area (Å²) in [5, 5.41) is 0. The maximum Gasteiger partial charge on any atom is 0.138 e. The zero-order valence-electron chi connectivity index (χ0n) is 7.29. The second kappa shape index (κ2) is 2.06. The fourth-order valence-electron chi connectivity index (χ4n) is 2.03.